The number of hydrogen-bond acceptors (Lipinski definition) is 3. The first-order valence-electron chi connectivity index (χ1n) is 13.4. The van der Waals surface area contributed by atoms with Crippen LogP contribution < -0.4 is 5.32 Å². The van der Waals surface area contributed by atoms with Crippen molar-refractivity contribution in [1.29, 1.82) is 0 Å². The molecule has 0 aliphatic heterocycles. The molecule has 0 fully saturated rings. The molecule has 0 radical (unpaired) electrons. The zero-order valence-corrected chi connectivity index (χ0v) is 23.2. The van der Waals surface area contributed by atoms with Gasteiger partial charge < -0.3 is 10.4 Å². The van der Waals surface area contributed by atoms with Gasteiger partial charge in [0.1, 0.15) is 6.04 Å². The third-order valence-corrected chi connectivity index (χ3v) is 8.21. The zero-order valence-electron chi connectivity index (χ0n) is 22.4. The van der Waals surface area contributed by atoms with E-state index in [1.54, 1.807) is 11.8 Å². The molecule has 6 heteroatoms. The van der Waals surface area contributed by atoms with E-state index in [-0.39, 0.29) is 24.8 Å². The van der Waals surface area contributed by atoms with Crippen LogP contribution in [0.25, 0.3) is 22.3 Å². The zero-order chi connectivity index (χ0) is 27.4. The molecule has 1 aliphatic rings. The predicted octanol–water partition coefficient (Wildman–Crippen LogP) is 6.31. The van der Waals surface area contributed by atoms with Crippen molar-refractivity contribution in [3.63, 3.8) is 0 Å². The van der Waals surface area contributed by atoms with Crippen LogP contribution in [-0.2, 0) is 24.1 Å². The van der Waals surface area contributed by atoms with E-state index in [0.717, 1.165) is 41.5 Å². The Bertz CT molecular complexity index is 1530. The average Bonchev–Trinajstić information content (AvgIpc) is 3.33. The molecule has 0 saturated heterocycles. The minimum atomic E-state index is -1.01. The molecule has 4 nitrogen and oxygen atoms in total. The van der Waals surface area contributed by atoms with Gasteiger partial charge in [-0.2, -0.15) is 11.8 Å². The van der Waals surface area contributed by atoms with Gasteiger partial charge in [0.25, 0.3) is 5.91 Å². The van der Waals surface area contributed by atoms with Crippen LogP contribution >= 0.6 is 11.8 Å². The maximum atomic E-state index is 13.4. The normalized spacial score (nSPS) is 12.2. The Morgan fingerprint density at radius 3 is 2.35 bits per heavy atom. The van der Waals surface area contributed by atoms with E-state index in [9.17, 15) is 14.7 Å². The molecule has 0 saturated carbocycles. The molecule has 200 valence electrons. The van der Waals surface area contributed by atoms with Gasteiger partial charge in [-0.05, 0) is 101 Å². The fourth-order valence-corrected chi connectivity index (χ4v) is 6.00. The maximum absolute atomic E-state index is 13.4. The number of nitrogens with one attached hydrogen (secondary N) is 1. The number of rotatable bonds is 10. The van der Waals surface area contributed by atoms with Crippen LogP contribution in [0.15, 0.2) is 84.9 Å². The van der Waals surface area contributed by atoms with Crippen molar-refractivity contribution in [1.82, 2.24) is 5.32 Å². The Hall–Kier alpha value is -3.23. The number of thioether (sulfide) groups is 1. The minimum absolute atomic E-state index is 0. The van der Waals surface area contributed by atoms with E-state index in [4.69, 9.17) is 0 Å². The summed E-state index contributed by atoms with van der Waals surface area (Å²) < 4.78 is 0. The molecule has 0 aromatic heterocycles. The summed E-state index contributed by atoms with van der Waals surface area (Å²) in [6.45, 7) is 2.03. The summed E-state index contributed by atoms with van der Waals surface area (Å²) in [6.07, 6.45) is 5.02. The van der Waals surface area contributed by atoms with E-state index in [1.165, 1.54) is 27.8 Å². The molecule has 0 heterocycles. The summed E-state index contributed by atoms with van der Waals surface area (Å²) in [5.74, 6) is -0.705. The fraction of sp³-hybridized carbons (Fsp3) is 0.235. The number of aryl methyl sites for hydroxylation is 3. The number of fused-ring (bicyclic) bond motifs is 3. The Balaban J connectivity index is 0.00000370. The Morgan fingerprint density at radius 1 is 0.875 bits per heavy atom. The number of carboxylic acid groups (broad SMARTS) is 1. The van der Waals surface area contributed by atoms with Gasteiger partial charge in [-0.15, -0.1) is 0 Å². The van der Waals surface area contributed by atoms with Crippen molar-refractivity contribution >= 4 is 42.5 Å². The number of amides is 1. The first-order chi connectivity index (χ1) is 19.0. The van der Waals surface area contributed by atoms with Crippen LogP contribution in [0.5, 0.6) is 0 Å². The Morgan fingerprint density at radius 2 is 1.60 bits per heavy atom. The monoisotopic (exact) mass is 543 g/mol. The predicted molar refractivity (Wildman–Crippen MR) is 168 cm³/mol. The van der Waals surface area contributed by atoms with Gasteiger partial charge in [0.2, 0.25) is 0 Å². The molecule has 4 aromatic carbocycles. The average molecular weight is 544 g/mol. The quantitative estimate of drug-likeness (QED) is 0.203. The second-order valence-electron chi connectivity index (χ2n) is 10.1. The summed E-state index contributed by atoms with van der Waals surface area (Å²) in [6, 6.07) is 28.3. The van der Waals surface area contributed by atoms with Crippen molar-refractivity contribution < 1.29 is 14.7 Å². The summed E-state index contributed by atoms with van der Waals surface area (Å²) in [5, 5.41) is 12.4. The van der Waals surface area contributed by atoms with E-state index in [2.05, 4.69) is 53.8 Å². The van der Waals surface area contributed by atoms with Gasteiger partial charge in [-0.25, -0.2) is 4.79 Å². The molecule has 2 N–H and O–H groups in total. The van der Waals surface area contributed by atoms with Gasteiger partial charge in [0.15, 0.2) is 0 Å². The Kier molecular flexibility index (Phi) is 9.98. The summed E-state index contributed by atoms with van der Waals surface area (Å²) >= 11 is 1.57. The first kappa shape index (κ1) is 29.7. The van der Waals surface area contributed by atoms with Crippen LogP contribution in [-0.4, -0.2) is 53.9 Å². The van der Waals surface area contributed by atoms with Crippen molar-refractivity contribution in [3.8, 4) is 22.3 Å². The molecule has 1 aliphatic carbocycles. The summed E-state index contributed by atoms with van der Waals surface area (Å²) in [4.78, 5) is 25.2. The molecule has 1 amide bonds. The second-order valence-corrected chi connectivity index (χ2v) is 11.1. The number of aliphatic carboxylic acids is 1. The van der Waals surface area contributed by atoms with Crippen molar-refractivity contribution in [2.45, 2.75) is 38.6 Å². The number of benzene rings is 4. The van der Waals surface area contributed by atoms with E-state index >= 15 is 0 Å². The first-order valence-corrected chi connectivity index (χ1v) is 14.8. The van der Waals surface area contributed by atoms with Crippen LogP contribution in [0.4, 0.5) is 0 Å². The SMILES string of the molecule is CSCCC(NC(=O)c1ccc(CCc2cccc3c2-c2ccccc2C3)cc1-c1ccccc1C)C(=O)O.[LiH]. The standard InChI is InChI=1S/C34H33NO3S.Li.H/c1-22-8-3-5-12-27(22)30-20-23(15-17-29(30)33(36)35-31(34(37)38)18-19-39-2)14-16-24-10-7-11-26-21-25-9-4-6-13-28(25)32(24)26;;/h3-13,15,17,20,31H,14,16,18-19,21H2,1-2H3,(H,35,36)(H,37,38);;. The Labute approximate surface area is 252 Å². The van der Waals surface area contributed by atoms with Gasteiger partial charge in [-0.1, -0.05) is 78.9 Å². The summed E-state index contributed by atoms with van der Waals surface area (Å²) in [5.41, 5.74) is 11.3. The van der Waals surface area contributed by atoms with E-state index < -0.39 is 12.0 Å². The number of carbonyl (C=O) groups is 2. The van der Waals surface area contributed by atoms with E-state index in [1.807, 2.05) is 49.6 Å². The fourth-order valence-electron chi connectivity index (χ4n) is 5.53. The molecule has 0 spiro atoms. The van der Waals surface area contributed by atoms with Gasteiger partial charge >= 0.3 is 24.8 Å². The number of hydrogen-bond donors (Lipinski definition) is 2. The van der Waals surface area contributed by atoms with Gasteiger partial charge in [0, 0.05) is 5.56 Å². The molecule has 1 atom stereocenters. The molecular formula is C34H34LiNO3S. The molecular weight excluding hydrogens is 509 g/mol. The third kappa shape index (κ3) is 6.39. The van der Waals surface area contributed by atoms with Crippen molar-refractivity contribution in [2.24, 2.45) is 0 Å². The molecule has 5 rings (SSSR count). The van der Waals surface area contributed by atoms with Crippen LogP contribution in [0.2, 0.25) is 0 Å². The van der Waals surface area contributed by atoms with Crippen molar-refractivity contribution in [3.05, 3.63) is 118 Å². The molecule has 0 bridgehead atoms. The molecule has 1 unspecified atom stereocenters. The molecule has 40 heavy (non-hydrogen) atoms. The second kappa shape index (κ2) is 13.4. The van der Waals surface area contributed by atoms with Crippen molar-refractivity contribution in [2.75, 3.05) is 12.0 Å². The summed E-state index contributed by atoms with van der Waals surface area (Å²) in [7, 11) is 0. The topological polar surface area (TPSA) is 66.4 Å². The van der Waals surface area contributed by atoms with Gasteiger partial charge in [0.05, 0.1) is 0 Å². The van der Waals surface area contributed by atoms with Crippen LogP contribution in [0.1, 0.15) is 44.6 Å². The number of carbonyl (C=O) groups excluding carboxylic acids is 1. The number of carboxylic acids is 1. The van der Waals surface area contributed by atoms with Crippen LogP contribution in [0, 0.1) is 6.92 Å². The van der Waals surface area contributed by atoms with Gasteiger partial charge in [-0.3, -0.25) is 4.79 Å². The molecule has 4 aromatic rings. The third-order valence-electron chi connectivity index (χ3n) is 7.57. The van der Waals surface area contributed by atoms with E-state index in [0.29, 0.717) is 17.7 Å². The van der Waals surface area contributed by atoms with Crippen LogP contribution in [0.3, 0.4) is 0 Å².